The van der Waals surface area contributed by atoms with Gasteiger partial charge in [0.15, 0.2) is 0 Å². The van der Waals surface area contributed by atoms with Gasteiger partial charge in [-0.05, 0) is 59.0 Å². The first-order chi connectivity index (χ1) is 10.6. The lowest BCUT2D eigenvalue weighted by Crippen LogP contribution is -2.47. The first kappa shape index (κ1) is 17.5. The van der Waals surface area contributed by atoms with Gasteiger partial charge < -0.3 is 24.1 Å². The smallest absolute Gasteiger partial charge is 0.129 e. The summed E-state index contributed by atoms with van der Waals surface area (Å²) in [5.41, 5.74) is 0. The number of hydrogen-bond donors (Lipinski definition) is 1. The maximum absolute atomic E-state index is 10.1. The van der Waals surface area contributed by atoms with E-state index < -0.39 is 6.10 Å². The molecule has 0 radical (unpaired) electrons. The Morgan fingerprint density at radius 1 is 1.41 bits per heavy atom. The Balaban J connectivity index is 1.62. The Kier molecular flexibility index (Phi) is 6.89. The molecule has 1 unspecified atom stereocenters. The standard InChI is InChI=1S/C17H30N2O3/c1-14(2)19-8-6-15(7-9-19)18(3)11-16(20)12-21-13-17-5-4-10-22-17/h4-5,10,14-16,20H,6-9,11-13H2,1-3H3. The average Bonchev–Trinajstić information content (AvgIpc) is 3.00. The van der Waals surface area contributed by atoms with Crippen LogP contribution in [0.4, 0.5) is 0 Å². The molecule has 5 heteroatoms. The van der Waals surface area contributed by atoms with Crippen LogP contribution in [-0.2, 0) is 11.3 Å². The largest absolute Gasteiger partial charge is 0.467 e. The summed E-state index contributed by atoms with van der Waals surface area (Å²) in [6.07, 6.45) is 3.53. The molecule has 22 heavy (non-hydrogen) atoms. The van der Waals surface area contributed by atoms with Crippen LogP contribution in [0.1, 0.15) is 32.4 Å². The van der Waals surface area contributed by atoms with E-state index in [-0.39, 0.29) is 0 Å². The highest BCUT2D eigenvalue weighted by atomic mass is 16.5. The fourth-order valence-electron chi connectivity index (χ4n) is 3.07. The second-order valence-corrected chi connectivity index (χ2v) is 6.55. The quantitative estimate of drug-likeness (QED) is 0.795. The molecule has 2 rings (SSSR count). The zero-order valence-electron chi connectivity index (χ0n) is 14.1. The molecule has 1 aromatic rings. The van der Waals surface area contributed by atoms with Gasteiger partial charge in [0, 0.05) is 18.6 Å². The lowest BCUT2D eigenvalue weighted by Gasteiger charge is -2.39. The van der Waals surface area contributed by atoms with Crippen molar-refractivity contribution >= 4 is 0 Å². The van der Waals surface area contributed by atoms with Crippen molar-refractivity contribution in [1.82, 2.24) is 9.80 Å². The summed E-state index contributed by atoms with van der Waals surface area (Å²) >= 11 is 0. The van der Waals surface area contributed by atoms with Gasteiger partial charge in [-0.2, -0.15) is 0 Å². The third-order valence-corrected chi connectivity index (χ3v) is 4.49. The third-order valence-electron chi connectivity index (χ3n) is 4.49. The monoisotopic (exact) mass is 310 g/mol. The number of ether oxygens (including phenoxy) is 1. The van der Waals surface area contributed by atoms with E-state index in [4.69, 9.17) is 9.15 Å². The molecule has 0 bridgehead atoms. The van der Waals surface area contributed by atoms with E-state index in [1.165, 1.54) is 12.8 Å². The molecular weight excluding hydrogens is 280 g/mol. The predicted octanol–water partition coefficient (Wildman–Crippen LogP) is 1.96. The lowest BCUT2D eigenvalue weighted by atomic mass is 10.0. The van der Waals surface area contributed by atoms with Crippen LogP contribution in [0, 0.1) is 0 Å². The molecule has 1 N–H and O–H groups in total. The number of rotatable bonds is 8. The Morgan fingerprint density at radius 3 is 2.73 bits per heavy atom. The molecule has 1 fully saturated rings. The van der Waals surface area contributed by atoms with Gasteiger partial charge in [0.2, 0.25) is 0 Å². The number of nitrogens with zero attached hydrogens (tertiary/aromatic N) is 2. The van der Waals surface area contributed by atoms with Gasteiger partial charge in [0.25, 0.3) is 0 Å². The first-order valence-corrected chi connectivity index (χ1v) is 8.28. The number of aliphatic hydroxyl groups excluding tert-OH is 1. The van der Waals surface area contributed by atoms with Crippen LogP contribution in [0.15, 0.2) is 22.8 Å². The van der Waals surface area contributed by atoms with Crippen molar-refractivity contribution in [3.63, 3.8) is 0 Å². The summed E-state index contributed by atoms with van der Waals surface area (Å²) in [4.78, 5) is 4.80. The highest BCUT2D eigenvalue weighted by Crippen LogP contribution is 2.17. The topological polar surface area (TPSA) is 49.1 Å². The molecule has 2 heterocycles. The molecule has 0 spiro atoms. The van der Waals surface area contributed by atoms with Gasteiger partial charge in [-0.3, -0.25) is 0 Å². The highest BCUT2D eigenvalue weighted by Gasteiger charge is 2.24. The van der Waals surface area contributed by atoms with Gasteiger partial charge in [0.1, 0.15) is 12.4 Å². The summed E-state index contributed by atoms with van der Waals surface area (Å²) in [7, 11) is 2.10. The Bertz CT molecular complexity index is 400. The molecule has 0 saturated carbocycles. The molecule has 0 aromatic carbocycles. The zero-order chi connectivity index (χ0) is 15.9. The summed E-state index contributed by atoms with van der Waals surface area (Å²) in [5.74, 6) is 0.793. The summed E-state index contributed by atoms with van der Waals surface area (Å²) < 4.78 is 10.7. The number of hydrogen-bond acceptors (Lipinski definition) is 5. The number of aliphatic hydroxyl groups is 1. The summed E-state index contributed by atoms with van der Waals surface area (Å²) in [6, 6.07) is 4.91. The Labute approximate surface area is 133 Å². The minimum Gasteiger partial charge on any atom is -0.467 e. The van der Waals surface area contributed by atoms with Crippen LogP contribution < -0.4 is 0 Å². The molecular formula is C17H30N2O3. The van der Waals surface area contributed by atoms with E-state index in [0.29, 0.717) is 31.8 Å². The van der Waals surface area contributed by atoms with Gasteiger partial charge >= 0.3 is 0 Å². The minimum atomic E-state index is -0.455. The molecule has 0 aliphatic carbocycles. The Morgan fingerprint density at radius 2 is 2.14 bits per heavy atom. The van der Waals surface area contributed by atoms with E-state index in [0.717, 1.165) is 18.8 Å². The molecule has 0 amide bonds. The van der Waals surface area contributed by atoms with E-state index >= 15 is 0 Å². The van der Waals surface area contributed by atoms with Crippen molar-refractivity contribution in [1.29, 1.82) is 0 Å². The number of piperidine rings is 1. The fraction of sp³-hybridized carbons (Fsp3) is 0.765. The van der Waals surface area contributed by atoms with Crippen LogP contribution in [-0.4, -0.2) is 66.4 Å². The summed E-state index contributed by atoms with van der Waals surface area (Å²) in [6.45, 7) is 8.23. The molecule has 1 aromatic heterocycles. The van der Waals surface area contributed by atoms with Crippen LogP contribution in [0.25, 0.3) is 0 Å². The first-order valence-electron chi connectivity index (χ1n) is 8.28. The number of likely N-dealkylation sites (tertiary alicyclic amines) is 1. The highest BCUT2D eigenvalue weighted by molar-refractivity contribution is 4.96. The van der Waals surface area contributed by atoms with Crippen molar-refractivity contribution in [2.45, 2.75) is 51.5 Å². The molecule has 1 atom stereocenters. The minimum absolute atomic E-state index is 0.343. The van der Waals surface area contributed by atoms with Gasteiger partial charge in [-0.25, -0.2) is 0 Å². The van der Waals surface area contributed by atoms with Crippen molar-refractivity contribution in [2.75, 3.05) is 33.3 Å². The van der Waals surface area contributed by atoms with Crippen LogP contribution in [0.2, 0.25) is 0 Å². The second kappa shape index (κ2) is 8.67. The third kappa shape index (κ3) is 5.39. The maximum Gasteiger partial charge on any atom is 0.129 e. The van der Waals surface area contributed by atoms with Gasteiger partial charge in [0.05, 0.1) is 19.0 Å². The fourth-order valence-corrected chi connectivity index (χ4v) is 3.07. The van der Waals surface area contributed by atoms with Crippen molar-refractivity contribution < 1.29 is 14.3 Å². The van der Waals surface area contributed by atoms with Crippen LogP contribution >= 0.6 is 0 Å². The number of likely N-dealkylation sites (N-methyl/N-ethyl adjacent to an activating group) is 1. The predicted molar refractivity (Wildman–Crippen MR) is 86.7 cm³/mol. The van der Waals surface area contributed by atoms with Gasteiger partial charge in [-0.1, -0.05) is 0 Å². The number of furan rings is 1. The normalized spacial score (nSPS) is 19.2. The van der Waals surface area contributed by atoms with E-state index in [1.54, 1.807) is 6.26 Å². The van der Waals surface area contributed by atoms with Crippen LogP contribution in [0.5, 0.6) is 0 Å². The molecule has 126 valence electrons. The summed E-state index contributed by atoms with van der Waals surface area (Å²) in [5, 5.41) is 10.1. The lowest BCUT2D eigenvalue weighted by molar-refractivity contribution is -0.00302. The molecule has 1 saturated heterocycles. The van der Waals surface area contributed by atoms with E-state index in [1.807, 2.05) is 12.1 Å². The SMILES string of the molecule is CC(C)N1CCC(N(C)CC(O)COCc2ccco2)CC1. The zero-order valence-corrected chi connectivity index (χ0v) is 14.1. The Hall–Kier alpha value is -0.880. The molecule has 5 nitrogen and oxygen atoms in total. The van der Waals surface area contributed by atoms with E-state index in [2.05, 4.69) is 30.7 Å². The second-order valence-electron chi connectivity index (χ2n) is 6.55. The maximum atomic E-state index is 10.1. The van der Waals surface area contributed by atoms with Gasteiger partial charge in [-0.15, -0.1) is 0 Å². The van der Waals surface area contributed by atoms with E-state index in [9.17, 15) is 5.11 Å². The van der Waals surface area contributed by atoms with Crippen molar-refractivity contribution in [3.05, 3.63) is 24.2 Å². The van der Waals surface area contributed by atoms with Crippen LogP contribution in [0.3, 0.4) is 0 Å². The molecule has 1 aliphatic rings. The average molecular weight is 310 g/mol. The van der Waals surface area contributed by atoms with Crippen molar-refractivity contribution in [3.8, 4) is 0 Å². The van der Waals surface area contributed by atoms with Crippen molar-refractivity contribution in [2.24, 2.45) is 0 Å². The molecule has 1 aliphatic heterocycles.